The van der Waals surface area contributed by atoms with E-state index in [4.69, 9.17) is 0 Å². The highest BCUT2D eigenvalue weighted by Crippen LogP contribution is 2.18. The summed E-state index contributed by atoms with van der Waals surface area (Å²) in [5, 5.41) is 0.823. The molecular weight excluding hydrogens is 259 g/mol. The van der Waals surface area contributed by atoms with E-state index in [-0.39, 0.29) is 6.42 Å². The van der Waals surface area contributed by atoms with Gasteiger partial charge in [0.15, 0.2) is 6.61 Å². The van der Waals surface area contributed by atoms with Crippen molar-refractivity contribution < 1.29 is 22.7 Å². The summed E-state index contributed by atoms with van der Waals surface area (Å²) in [6.07, 6.45) is -3.18. The molecule has 1 aromatic carbocycles. The lowest BCUT2D eigenvalue weighted by molar-refractivity contribution is -0.185. The molecule has 1 aromatic heterocycles. The van der Waals surface area contributed by atoms with E-state index in [1.807, 2.05) is 12.1 Å². The summed E-state index contributed by atoms with van der Waals surface area (Å²) in [4.78, 5) is 15.5. The smallest absolute Gasteiger partial charge is 0.422 e. The van der Waals surface area contributed by atoms with Crippen molar-refractivity contribution in [3.8, 4) is 0 Å². The first-order chi connectivity index (χ1) is 8.96. The Bertz CT molecular complexity index is 590. The van der Waals surface area contributed by atoms with Gasteiger partial charge in [0.25, 0.3) is 0 Å². The van der Waals surface area contributed by atoms with Gasteiger partial charge >= 0.3 is 12.1 Å². The van der Waals surface area contributed by atoms with E-state index in [9.17, 15) is 18.0 Å². The SMILES string of the molecule is O=C(Cc1cccc2cccnc12)OCC(F)(F)F. The molecule has 2 aromatic rings. The molecule has 0 bridgehead atoms. The monoisotopic (exact) mass is 269 g/mol. The van der Waals surface area contributed by atoms with Crippen LogP contribution in [0.15, 0.2) is 36.5 Å². The highest BCUT2D eigenvalue weighted by molar-refractivity contribution is 5.85. The standard InChI is InChI=1S/C13H10F3NO2/c14-13(15,16)8-19-11(18)7-10-4-1-3-9-5-2-6-17-12(9)10/h1-6H,7-8H2. The second kappa shape index (κ2) is 5.26. The lowest BCUT2D eigenvalue weighted by Crippen LogP contribution is -2.21. The van der Waals surface area contributed by atoms with Gasteiger partial charge in [-0.2, -0.15) is 13.2 Å². The van der Waals surface area contributed by atoms with Gasteiger partial charge in [-0.25, -0.2) is 0 Å². The van der Waals surface area contributed by atoms with Crippen molar-refractivity contribution in [3.05, 3.63) is 42.1 Å². The number of carbonyl (C=O) groups excluding carboxylic acids is 1. The van der Waals surface area contributed by atoms with E-state index in [0.29, 0.717) is 11.1 Å². The van der Waals surface area contributed by atoms with Gasteiger partial charge in [0.2, 0.25) is 0 Å². The van der Waals surface area contributed by atoms with Crippen molar-refractivity contribution in [1.82, 2.24) is 4.98 Å². The molecule has 3 nitrogen and oxygen atoms in total. The molecule has 6 heteroatoms. The average Bonchev–Trinajstić information content (AvgIpc) is 2.36. The topological polar surface area (TPSA) is 39.2 Å². The van der Waals surface area contributed by atoms with Crippen LogP contribution in [-0.4, -0.2) is 23.7 Å². The fourth-order valence-electron chi connectivity index (χ4n) is 1.68. The third kappa shape index (κ3) is 3.67. The third-order valence-electron chi connectivity index (χ3n) is 2.45. The zero-order valence-electron chi connectivity index (χ0n) is 9.78. The molecule has 0 saturated heterocycles. The van der Waals surface area contributed by atoms with Crippen molar-refractivity contribution in [3.63, 3.8) is 0 Å². The summed E-state index contributed by atoms with van der Waals surface area (Å²) in [6, 6.07) is 8.73. The fraction of sp³-hybridized carbons (Fsp3) is 0.231. The van der Waals surface area contributed by atoms with Crippen molar-refractivity contribution in [2.75, 3.05) is 6.61 Å². The lowest BCUT2D eigenvalue weighted by atomic mass is 10.1. The van der Waals surface area contributed by atoms with Crippen LogP contribution in [0.1, 0.15) is 5.56 Å². The summed E-state index contributed by atoms with van der Waals surface area (Å²) in [6.45, 7) is -1.57. The molecule has 0 atom stereocenters. The number of hydrogen-bond acceptors (Lipinski definition) is 3. The number of pyridine rings is 1. The van der Waals surface area contributed by atoms with Crippen LogP contribution in [0.4, 0.5) is 13.2 Å². The van der Waals surface area contributed by atoms with E-state index in [0.717, 1.165) is 5.39 Å². The van der Waals surface area contributed by atoms with Gasteiger partial charge in [-0.3, -0.25) is 9.78 Å². The van der Waals surface area contributed by atoms with E-state index in [1.165, 1.54) is 0 Å². The maximum Gasteiger partial charge on any atom is 0.422 e. The van der Waals surface area contributed by atoms with Crippen LogP contribution < -0.4 is 0 Å². The first-order valence-corrected chi connectivity index (χ1v) is 5.51. The van der Waals surface area contributed by atoms with Crippen molar-refractivity contribution in [2.45, 2.75) is 12.6 Å². The molecule has 0 aliphatic heterocycles. The molecule has 0 radical (unpaired) electrons. The Morgan fingerprint density at radius 2 is 1.95 bits per heavy atom. The minimum absolute atomic E-state index is 0.232. The van der Waals surface area contributed by atoms with Gasteiger partial charge in [0, 0.05) is 11.6 Å². The molecule has 19 heavy (non-hydrogen) atoms. The Labute approximate surface area is 107 Å². The minimum Gasteiger partial charge on any atom is -0.456 e. The van der Waals surface area contributed by atoms with Crippen LogP contribution in [-0.2, 0) is 16.0 Å². The number of hydrogen-bond donors (Lipinski definition) is 0. The summed E-state index contributed by atoms with van der Waals surface area (Å²) >= 11 is 0. The van der Waals surface area contributed by atoms with Crippen LogP contribution in [0, 0.1) is 0 Å². The highest BCUT2D eigenvalue weighted by atomic mass is 19.4. The fourth-order valence-corrected chi connectivity index (χ4v) is 1.68. The Balaban J connectivity index is 2.11. The molecule has 2 rings (SSSR count). The molecule has 0 N–H and O–H groups in total. The average molecular weight is 269 g/mol. The minimum atomic E-state index is -4.51. The predicted molar refractivity (Wildman–Crippen MR) is 62.5 cm³/mol. The molecule has 0 spiro atoms. The number of ether oxygens (including phenoxy) is 1. The molecule has 0 aliphatic carbocycles. The van der Waals surface area contributed by atoms with Gasteiger partial charge in [-0.1, -0.05) is 24.3 Å². The largest absolute Gasteiger partial charge is 0.456 e. The normalized spacial score (nSPS) is 11.5. The summed E-state index contributed by atoms with van der Waals surface area (Å²) < 4.78 is 39.9. The molecular formula is C13H10F3NO2. The van der Waals surface area contributed by atoms with Crippen LogP contribution in [0.2, 0.25) is 0 Å². The van der Waals surface area contributed by atoms with Gasteiger partial charge < -0.3 is 4.74 Å². The molecule has 0 saturated carbocycles. The first-order valence-electron chi connectivity index (χ1n) is 5.51. The maximum absolute atomic E-state index is 11.9. The van der Waals surface area contributed by atoms with Crippen LogP contribution >= 0.6 is 0 Å². The molecule has 0 aliphatic rings. The van der Waals surface area contributed by atoms with E-state index in [1.54, 1.807) is 24.4 Å². The van der Waals surface area contributed by atoms with E-state index in [2.05, 4.69) is 9.72 Å². The Morgan fingerprint density at radius 3 is 2.68 bits per heavy atom. The number of nitrogens with zero attached hydrogens (tertiary/aromatic N) is 1. The molecule has 0 fully saturated rings. The second-order valence-electron chi connectivity index (χ2n) is 3.94. The number of halogens is 3. The Morgan fingerprint density at radius 1 is 1.21 bits per heavy atom. The molecule has 0 amide bonds. The number of aromatic nitrogens is 1. The lowest BCUT2D eigenvalue weighted by Gasteiger charge is -2.08. The van der Waals surface area contributed by atoms with Gasteiger partial charge in [-0.05, 0) is 11.6 Å². The zero-order valence-corrected chi connectivity index (χ0v) is 9.78. The Hall–Kier alpha value is -2.11. The van der Waals surface area contributed by atoms with E-state index < -0.39 is 18.8 Å². The van der Waals surface area contributed by atoms with E-state index >= 15 is 0 Å². The maximum atomic E-state index is 11.9. The summed E-state index contributed by atoms with van der Waals surface area (Å²) in [7, 11) is 0. The van der Waals surface area contributed by atoms with Gasteiger partial charge in [-0.15, -0.1) is 0 Å². The quantitative estimate of drug-likeness (QED) is 0.804. The molecule has 0 unspecified atom stereocenters. The third-order valence-corrected chi connectivity index (χ3v) is 2.45. The van der Waals surface area contributed by atoms with Gasteiger partial charge in [0.05, 0.1) is 11.9 Å². The number of fused-ring (bicyclic) bond motifs is 1. The predicted octanol–water partition coefficient (Wildman–Crippen LogP) is 2.88. The highest BCUT2D eigenvalue weighted by Gasteiger charge is 2.29. The number of para-hydroxylation sites is 1. The summed E-state index contributed by atoms with van der Waals surface area (Å²) in [5.41, 5.74) is 1.14. The second-order valence-corrected chi connectivity index (χ2v) is 3.94. The van der Waals surface area contributed by atoms with Gasteiger partial charge in [0.1, 0.15) is 0 Å². The molecule has 1 heterocycles. The van der Waals surface area contributed by atoms with Crippen LogP contribution in [0.3, 0.4) is 0 Å². The zero-order chi connectivity index (χ0) is 13.9. The van der Waals surface area contributed by atoms with Crippen molar-refractivity contribution in [2.24, 2.45) is 0 Å². The Kier molecular flexibility index (Phi) is 3.69. The number of alkyl halides is 3. The van der Waals surface area contributed by atoms with Crippen LogP contribution in [0.5, 0.6) is 0 Å². The number of benzene rings is 1. The first kappa shape index (κ1) is 13.3. The summed E-state index contributed by atoms with van der Waals surface area (Å²) in [5.74, 6) is -0.921. The molecule has 100 valence electrons. The van der Waals surface area contributed by atoms with Crippen molar-refractivity contribution in [1.29, 1.82) is 0 Å². The van der Waals surface area contributed by atoms with Crippen molar-refractivity contribution >= 4 is 16.9 Å². The number of carbonyl (C=O) groups is 1. The van der Waals surface area contributed by atoms with Crippen LogP contribution in [0.25, 0.3) is 10.9 Å². The number of rotatable bonds is 3. The number of esters is 1.